The van der Waals surface area contributed by atoms with Crippen LogP contribution in [0.3, 0.4) is 0 Å². The van der Waals surface area contributed by atoms with E-state index in [0.717, 1.165) is 12.6 Å². The SMILES string of the molecule is Brc1ccccc1CN1CCN(C2CCCCC2)CC1.O=C(O)C(=O)O. The fraction of sp³-hybridized carbons (Fsp3) is 0.579. The Bertz CT molecular complexity index is 585. The molecule has 0 radical (unpaired) electrons. The Morgan fingerprint density at radius 1 is 0.962 bits per heavy atom. The molecule has 7 heteroatoms. The summed E-state index contributed by atoms with van der Waals surface area (Å²) in [6.45, 7) is 6.04. The molecule has 1 saturated carbocycles. The van der Waals surface area contributed by atoms with Gasteiger partial charge in [-0.3, -0.25) is 9.80 Å². The lowest BCUT2D eigenvalue weighted by atomic mass is 9.94. The standard InChI is InChI=1S/C17H25BrN2.C2H2O4/c18-17-9-5-4-6-15(17)14-19-10-12-20(13-11-19)16-7-2-1-3-8-16;3-1(4)2(5)6/h4-6,9,16H,1-3,7-8,10-14H2;(H,3,4)(H,5,6). The highest BCUT2D eigenvalue weighted by Crippen LogP contribution is 2.24. The van der Waals surface area contributed by atoms with Crippen LogP contribution in [0, 0.1) is 0 Å². The van der Waals surface area contributed by atoms with Crippen molar-refractivity contribution in [3.8, 4) is 0 Å². The van der Waals surface area contributed by atoms with Crippen LogP contribution >= 0.6 is 15.9 Å². The van der Waals surface area contributed by atoms with Crippen molar-refractivity contribution in [1.29, 1.82) is 0 Å². The number of hydrogen-bond donors (Lipinski definition) is 2. The van der Waals surface area contributed by atoms with Crippen LogP contribution in [-0.2, 0) is 16.1 Å². The smallest absolute Gasteiger partial charge is 0.414 e. The van der Waals surface area contributed by atoms with E-state index in [1.54, 1.807) is 0 Å². The van der Waals surface area contributed by atoms with Crippen LogP contribution < -0.4 is 0 Å². The molecule has 2 fully saturated rings. The predicted molar refractivity (Wildman–Crippen MR) is 103 cm³/mol. The Morgan fingerprint density at radius 2 is 1.54 bits per heavy atom. The van der Waals surface area contributed by atoms with Gasteiger partial charge in [0.05, 0.1) is 0 Å². The van der Waals surface area contributed by atoms with E-state index in [0.29, 0.717) is 0 Å². The zero-order chi connectivity index (χ0) is 18.9. The van der Waals surface area contributed by atoms with Gasteiger partial charge in [0.1, 0.15) is 0 Å². The molecule has 2 N–H and O–H groups in total. The van der Waals surface area contributed by atoms with Gasteiger partial charge in [0, 0.05) is 43.2 Å². The topological polar surface area (TPSA) is 81.1 Å². The quantitative estimate of drug-likeness (QED) is 0.722. The first kappa shape index (κ1) is 20.9. The van der Waals surface area contributed by atoms with Gasteiger partial charge < -0.3 is 10.2 Å². The maximum Gasteiger partial charge on any atom is 0.414 e. The highest BCUT2D eigenvalue weighted by Gasteiger charge is 2.25. The number of benzene rings is 1. The summed E-state index contributed by atoms with van der Waals surface area (Å²) in [5.41, 5.74) is 1.42. The zero-order valence-electron chi connectivity index (χ0n) is 14.9. The third kappa shape index (κ3) is 6.70. The van der Waals surface area contributed by atoms with Crippen LogP contribution in [0.25, 0.3) is 0 Å². The normalized spacial score (nSPS) is 19.4. The van der Waals surface area contributed by atoms with E-state index in [1.165, 1.54) is 68.3 Å². The van der Waals surface area contributed by atoms with Crippen LogP contribution in [0.15, 0.2) is 28.7 Å². The van der Waals surface area contributed by atoms with Gasteiger partial charge in [-0.1, -0.05) is 53.4 Å². The minimum absolute atomic E-state index is 0.884. The highest BCUT2D eigenvalue weighted by atomic mass is 79.9. The molecule has 0 atom stereocenters. The third-order valence-corrected chi connectivity index (χ3v) is 5.81. The first-order valence-electron chi connectivity index (χ1n) is 9.13. The molecule has 6 nitrogen and oxygen atoms in total. The van der Waals surface area contributed by atoms with Gasteiger partial charge in [0.15, 0.2) is 0 Å². The van der Waals surface area contributed by atoms with Crippen LogP contribution in [0.4, 0.5) is 0 Å². The second kappa shape index (κ2) is 10.6. The summed E-state index contributed by atoms with van der Waals surface area (Å²) in [6.07, 6.45) is 7.22. The van der Waals surface area contributed by atoms with Crippen molar-refractivity contribution < 1.29 is 19.8 Å². The summed E-state index contributed by atoms with van der Waals surface area (Å²) in [5.74, 6) is -3.65. The van der Waals surface area contributed by atoms with Crippen molar-refractivity contribution in [3.05, 3.63) is 34.3 Å². The van der Waals surface area contributed by atoms with Gasteiger partial charge in [-0.15, -0.1) is 0 Å². The molecule has 0 bridgehead atoms. The minimum atomic E-state index is -1.82. The monoisotopic (exact) mass is 426 g/mol. The third-order valence-electron chi connectivity index (χ3n) is 5.03. The molecule has 0 spiro atoms. The van der Waals surface area contributed by atoms with Crippen molar-refractivity contribution in [2.45, 2.75) is 44.7 Å². The number of carboxylic acid groups (broad SMARTS) is 2. The van der Waals surface area contributed by atoms with Crippen molar-refractivity contribution in [1.82, 2.24) is 9.80 Å². The first-order valence-corrected chi connectivity index (χ1v) is 9.92. The number of hydrogen-bond acceptors (Lipinski definition) is 4. The summed E-state index contributed by atoms with van der Waals surface area (Å²) in [6, 6.07) is 9.49. The molecule has 1 aromatic rings. The molecule has 3 rings (SSSR count). The lowest BCUT2D eigenvalue weighted by molar-refractivity contribution is -0.159. The minimum Gasteiger partial charge on any atom is -0.473 e. The molecule has 0 amide bonds. The summed E-state index contributed by atoms with van der Waals surface area (Å²) in [7, 11) is 0. The molecule has 0 aromatic heterocycles. The van der Waals surface area contributed by atoms with Crippen LogP contribution in [0.5, 0.6) is 0 Å². The molecule has 2 aliphatic rings. The van der Waals surface area contributed by atoms with E-state index < -0.39 is 11.9 Å². The van der Waals surface area contributed by atoms with Crippen molar-refractivity contribution in [3.63, 3.8) is 0 Å². The van der Waals surface area contributed by atoms with Gasteiger partial charge in [0.2, 0.25) is 0 Å². The van der Waals surface area contributed by atoms with E-state index in [1.807, 2.05) is 0 Å². The van der Waals surface area contributed by atoms with Gasteiger partial charge in [0.25, 0.3) is 0 Å². The molecule has 1 aliphatic heterocycles. The number of carboxylic acids is 2. The fourth-order valence-corrected chi connectivity index (χ4v) is 4.01. The molecular formula is C19H27BrN2O4. The maximum absolute atomic E-state index is 9.10. The predicted octanol–water partition coefficient (Wildman–Crippen LogP) is 3.06. The molecule has 0 unspecified atom stereocenters. The number of nitrogens with zero attached hydrogens (tertiary/aromatic N) is 2. The molecule has 1 saturated heterocycles. The summed E-state index contributed by atoms with van der Waals surface area (Å²) in [5, 5.41) is 14.8. The second-order valence-corrected chi connectivity index (χ2v) is 7.66. The van der Waals surface area contributed by atoms with Gasteiger partial charge in [-0.05, 0) is 24.5 Å². The first-order chi connectivity index (χ1) is 12.5. The zero-order valence-corrected chi connectivity index (χ0v) is 16.5. The number of piperazine rings is 1. The lowest BCUT2D eigenvalue weighted by Crippen LogP contribution is -2.50. The Balaban J connectivity index is 0.000000352. The van der Waals surface area contributed by atoms with Gasteiger partial charge in [-0.2, -0.15) is 0 Å². The Kier molecular flexibility index (Phi) is 8.54. The number of carbonyl (C=O) groups is 2. The maximum atomic E-state index is 9.10. The van der Waals surface area contributed by atoms with Crippen molar-refractivity contribution >= 4 is 27.9 Å². The Hall–Kier alpha value is -1.44. The highest BCUT2D eigenvalue weighted by molar-refractivity contribution is 9.10. The second-order valence-electron chi connectivity index (χ2n) is 6.81. The Labute approximate surface area is 162 Å². The number of halogens is 1. The average Bonchev–Trinajstić information content (AvgIpc) is 2.65. The Morgan fingerprint density at radius 3 is 2.08 bits per heavy atom. The van der Waals surface area contributed by atoms with Crippen LogP contribution in [-0.4, -0.2) is 64.2 Å². The van der Waals surface area contributed by atoms with E-state index in [4.69, 9.17) is 19.8 Å². The molecule has 1 aliphatic carbocycles. The average molecular weight is 427 g/mol. The van der Waals surface area contributed by atoms with Gasteiger partial charge >= 0.3 is 11.9 Å². The number of rotatable bonds is 3. The van der Waals surface area contributed by atoms with E-state index in [9.17, 15) is 0 Å². The lowest BCUT2D eigenvalue weighted by Gasteiger charge is -2.40. The van der Waals surface area contributed by atoms with Crippen molar-refractivity contribution in [2.75, 3.05) is 26.2 Å². The fourth-order valence-electron chi connectivity index (χ4n) is 3.60. The largest absolute Gasteiger partial charge is 0.473 e. The summed E-state index contributed by atoms with van der Waals surface area (Å²) in [4.78, 5) is 23.5. The van der Waals surface area contributed by atoms with E-state index in [2.05, 4.69) is 50.0 Å². The molecule has 144 valence electrons. The van der Waals surface area contributed by atoms with Crippen LogP contribution in [0.1, 0.15) is 37.7 Å². The van der Waals surface area contributed by atoms with Gasteiger partial charge in [-0.25, -0.2) is 9.59 Å². The van der Waals surface area contributed by atoms with Crippen LogP contribution in [0.2, 0.25) is 0 Å². The molecule has 1 heterocycles. The van der Waals surface area contributed by atoms with Crippen molar-refractivity contribution in [2.24, 2.45) is 0 Å². The molecule has 26 heavy (non-hydrogen) atoms. The van der Waals surface area contributed by atoms with E-state index >= 15 is 0 Å². The number of aliphatic carboxylic acids is 2. The van der Waals surface area contributed by atoms with E-state index in [-0.39, 0.29) is 0 Å². The summed E-state index contributed by atoms with van der Waals surface area (Å²) >= 11 is 3.66. The molecule has 1 aromatic carbocycles. The summed E-state index contributed by atoms with van der Waals surface area (Å²) < 4.78 is 1.25. The molecular weight excluding hydrogens is 400 g/mol.